The van der Waals surface area contributed by atoms with E-state index >= 15 is 0 Å². The van der Waals surface area contributed by atoms with E-state index in [9.17, 15) is 9.59 Å². The minimum atomic E-state index is -0.244. The van der Waals surface area contributed by atoms with Crippen LogP contribution in [-0.2, 0) is 0 Å². The zero-order valence-corrected chi connectivity index (χ0v) is 17.5. The Kier molecular flexibility index (Phi) is 4.62. The molecule has 5 rings (SSSR count). The lowest BCUT2D eigenvalue weighted by Gasteiger charge is -2.19. The lowest BCUT2D eigenvalue weighted by atomic mass is 10.2. The molecule has 0 unspecified atom stereocenters. The van der Waals surface area contributed by atoms with Gasteiger partial charge < -0.3 is 14.9 Å². The van der Waals surface area contributed by atoms with Crippen molar-refractivity contribution in [3.63, 3.8) is 0 Å². The van der Waals surface area contributed by atoms with Crippen LogP contribution in [0, 0.1) is 13.8 Å². The van der Waals surface area contributed by atoms with Crippen molar-refractivity contribution in [3.8, 4) is 5.69 Å². The summed E-state index contributed by atoms with van der Waals surface area (Å²) in [5.41, 5.74) is 5.92. The maximum absolute atomic E-state index is 13.0. The summed E-state index contributed by atoms with van der Waals surface area (Å²) in [4.78, 5) is 37.3. The number of aromatic amines is 3. The summed E-state index contributed by atoms with van der Waals surface area (Å²) in [6.07, 6.45) is 3.87. The molecule has 8 nitrogen and oxygen atoms in total. The summed E-state index contributed by atoms with van der Waals surface area (Å²) in [7, 11) is 0. The molecule has 1 aliphatic heterocycles. The number of hydrogen-bond acceptors (Lipinski definition) is 4. The molecule has 0 radical (unpaired) electrons. The van der Waals surface area contributed by atoms with Crippen molar-refractivity contribution in [2.75, 3.05) is 18.0 Å². The van der Waals surface area contributed by atoms with Gasteiger partial charge in [-0.25, -0.2) is 9.48 Å². The van der Waals surface area contributed by atoms with Crippen molar-refractivity contribution in [3.05, 3.63) is 74.1 Å². The number of aliphatic imine (C=N–C) groups is 1. The molecule has 4 aromatic rings. The van der Waals surface area contributed by atoms with Crippen LogP contribution in [0.15, 0.2) is 51.0 Å². The van der Waals surface area contributed by atoms with Crippen LogP contribution < -0.4 is 16.1 Å². The highest BCUT2D eigenvalue weighted by Gasteiger charge is 2.18. The number of H-pyrrole nitrogens is 3. The summed E-state index contributed by atoms with van der Waals surface area (Å²) in [6, 6.07) is 11.6. The van der Waals surface area contributed by atoms with Gasteiger partial charge >= 0.3 is 5.69 Å². The predicted molar refractivity (Wildman–Crippen MR) is 123 cm³/mol. The normalized spacial score (nSPS) is 14.3. The molecule has 1 aliphatic rings. The van der Waals surface area contributed by atoms with Crippen molar-refractivity contribution in [2.45, 2.75) is 26.7 Å². The Labute approximate surface area is 178 Å². The predicted octanol–water partition coefficient (Wildman–Crippen LogP) is 3.30. The Hall–Kier alpha value is -3.81. The Morgan fingerprint density at radius 1 is 0.968 bits per heavy atom. The molecule has 2 aromatic carbocycles. The van der Waals surface area contributed by atoms with E-state index in [1.54, 1.807) is 6.21 Å². The molecule has 0 amide bonds. The van der Waals surface area contributed by atoms with Gasteiger partial charge in [-0.3, -0.25) is 14.9 Å². The van der Waals surface area contributed by atoms with E-state index in [2.05, 4.69) is 25.0 Å². The zero-order chi connectivity index (χ0) is 21.5. The van der Waals surface area contributed by atoms with Crippen molar-refractivity contribution in [1.29, 1.82) is 0 Å². The van der Waals surface area contributed by atoms with Crippen LogP contribution in [0.5, 0.6) is 0 Å². The topological polar surface area (TPSA) is 102 Å². The molecule has 0 aliphatic carbocycles. The molecule has 158 valence electrons. The molecule has 3 heterocycles. The third-order valence-electron chi connectivity index (χ3n) is 5.80. The zero-order valence-electron chi connectivity index (χ0n) is 17.5. The van der Waals surface area contributed by atoms with Crippen LogP contribution in [0.3, 0.4) is 0 Å². The third kappa shape index (κ3) is 3.50. The molecule has 0 atom stereocenters. The van der Waals surface area contributed by atoms with Crippen LogP contribution in [0.4, 0.5) is 11.4 Å². The molecular formula is C23H24N6O2. The van der Waals surface area contributed by atoms with Gasteiger partial charge in [-0.1, -0.05) is 17.7 Å². The van der Waals surface area contributed by atoms with Gasteiger partial charge in [0.15, 0.2) is 0 Å². The molecule has 31 heavy (non-hydrogen) atoms. The number of imidazole rings is 1. The third-order valence-corrected chi connectivity index (χ3v) is 5.80. The van der Waals surface area contributed by atoms with Crippen LogP contribution >= 0.6 is 0 Å². The van der Waals surface area contributed by atoms with Crippen LogP contribution in [-0.4, -0.2) is 39.1 Å². The van der Waals surface area contributed by atoms with E-state index in [4.69, 9.17) is 0 Å². The minimum Gasteiger partial charge on any atom is -0.370 e. The number of nitrogens with zero attached hydrogens (tertiary/aromatic N) is 3. The fourth-order valence-electron chi connectivity index (χ4n) is 4.10. The van der Waals surface area contributed by atoms with Crippen LogP contribution in [0.2, 0.25) is 0 Å². The van der Waals surface area contributed by atoms with Gasteiger partial charge in [-0.15, -0.1) is 0 Å². The van der Waals surface area contributed by atoms with E-state index in [0.29, 0.717) is 11.1 Å². The molecule has 0 bridgehead atoms. The van der Waals surface area contributed by atoms with Crippen molar-refractivity contribution in [1.82, 2.24) is 19.7 Å². The van der Waals surface area contributed by atoms with E-state index in [0.717, 1.165) is 59.8 Å². The number of benzene rings is 2. The van der Waals surface area contributed by atoms with Crippen LogP contribution in [0.1, 0.15) is 29.7 Å². The number of fused-ring (bicyclic) bond motifs is 1. The highest BCUT2D eigenvalue weighted by molar-refractivity contribution is 5.91. The Morgan fingerprint density at radius 2 is 1.65 bits per heavy atom. The summed E-state index contributed by atoms with van der Waals surface area (Å²) >= 11 is 0. The Morgan fingerprint density at radius 3 is 2.35 bits per heavy atom. The highest BCUT2D eigenvalue weighted by Crippen LogP contribution is 2.34. The Bertz CT molecular complexity index is 1390. The second kappa shape index (κ2) is 7.46. The molecule has 3 N–H and O–H groups in total. The maximum Gasteiger partial charge on any atom is 0.323 e. The molecule has 0 saturated carbocycles. The summed E-state index contributed by atoms with van der Waals surface area (Å²) < 4.78 is 1.53. The van der Waals surface area contributed by atoms with Crippen molar-refractivity contribution < 1.29 is 0 Å². The SMILES string of the molecule is Cc1ccc(-n2[nH]c(C)c(C=Nc3cc4[nH]c(=O)[nH]c4cc3N3CCCC3)c2=O)cc1. The van der Waals surface area contributed by atoms with E-state index in [1.807, 2.05) is 50.2 Å². The number of anilines is 1. The second-order valence-corrected chi connectivity index (χ2v) is 8.04. The first kappa shape index (κ1) is 19.2. The smallest absolute Gasteiger partial charge is 0.323 e. The van der Waals surface area contributed by atoms with E-state index in [-0.39, 0.29) is 11.2 Å². The van der Waals surface area contributed by atoms with E-state index in [1.165, 1.54) is 4.68 Å². The lowest BCUT2D eigenvalue weighted by Crippen LogP contribution is -2.18. The summed E-state index contributed by atoms with van der Waals surface area (Å²) in [6.45, 7) is 5.77. The number of aryl methyl sites for hydroxylation is 2. The van der Waals surface area contributed by atoms with Gasteiger partial charge in [0.1, 0.15) is 0 Å². The highest BCUT2D eigenvalue weighted by atomic mass is 16.1. The first-order valence-electron chi connectivity index (χ1n) is 10.4. The van der Waals surface area contributed by atoms with Crippen molar-refractivity contribution in [2.24, 2.45) is 4.99 Å². The molecular weight excluding hydrogens is 392 g/mol. The first-order chi connectivity index (χ1) is 15.0. The number of hydrogen-bond donors (Lipinski definition) is 3. The summed E-state index contributed by atoms with van der Waals surface area (Å²) in [5.74, 6) is 0. The fraction of sp³-hybridized carbons (Fsp3) is 0.261. The molecule has 8 heteroatoms. The molecule has 1 fully saturated rings. The number of nitrogens with one attached hydrogen (secondary N) is 3. The van der Waals surface area contributed by atoms with Gasteiger partial charge in [0.25, 0.3) is 5.56 Å². The standard InChI is InChI=1S/C23H24N6O2/c1-14-5-7-16(8-6-14)29-22(30)17(15(2)27-29)13-24-20-11-18-19(26-23(31)25-18)12-21(20)28-9-3-4-10-28/h5-8,11-13,27H,3-4,9-10H2,1-2H3,(H2,25,26,31). The fourth-order valence-corrected chi connectivity index (χ4v) is 4.10. The quantitative estimate of drug-likeness (QED) is 0.445. The average Bonchev–Trinajstić information content (AvgIpc) is 3.46. The average molecular weight is 416 g/mol. The monoisotopic (exact) mass is 416 g/mol. The number of aromatic nitrogens is 4. The van der Waals surface area contributed by atoms with Crippen molar-refractivity contribution >= 4 is 28.6 Å². The van der Waals surface area contributed by atoms with Gasteiger partial charge in [-0.2, -0.15) is 0 Å². The van der Waals surface area contributed by atoms with Gasteiger partial charge in [0.05, 0.1) is 33.7 Å². The maximum atomic E-state index is 13.0. The molecule has 0 spiro atoms. The second-order valence-electron chi connectivity index (χ2n) is 8.04. The lowest BCUT2D eigenvalue weighted by molar-refractivity contribution is 0.835. The minimum absolute atomic E-state index is 0.149. The summed E-state index contributed by atoms with van der Waals surface area (Å²) in [5, 5.41) is 3.14. The van der Waals surface area contributed by atoms with E-state index < -0.39 is 0 Å². The first-order valence-corrected chi connectivity index (χ1v) is 10.4. The van der Waals surface area contributed by atoms with Crippen LogP contribution in [0.25, 0.3) is 16.7 Å². The van der Waals surface area contributed by atoms with Gasteiger partial charge in [0, 0.05) is 25.0 Å². The largest absolute Gasteiger partial charge is 0.370 e. The molecule has 1 saturated heterocycles. The van der Waals surface area contributed by atoms with Gasteiger partial charge in [0.2, 0.25) is 0 Å². The van der Waals surface area contributed by atoms with Gasteiger partial charge in [-0.05, 0) is 51.0 Å². The molecule has 2 aromatic heterocycles. The Balaban J connectivity index is 1.57. The number of rotatable bonds is 4.